The fourth-order valence-electron chi connectivity index (χ4n) is 2.14. The lowest BCUT2D eigenvalue weighted by molar-refractivity contribution is 0.210. The molecular formula is C13H26N2O. The van der Waals surface area contributed by atoms with Crippen molar-refractivity contribution in [2.24, 2.45) is 5.73 Å². The normalized spacial score (nSPS) is 19.6. The molecule has 0 radical (unpaired) electrons. The number of methoxy groups -OCH3 is 1. The maximum Gasteiger partial charge on any atom is 0.0673 e. The van der Waals surface area contributed by atoms with Gasteiger partial charge in [-0.2, -0.15) is 0 Å². The molecule has 2 N–H and O–H groups in total. The summed E-state index contributed by atoms with van der Waals surface area (Å²) in [5.41, 5.74) is 7.46. The lowest BCUT2D eigenvalue weighted by Crippen LogP contribution is -2.34. The van der Waals surface area contributed by atoms with Gasteiger partial charge >= 0.3 is 0 Å². The second-order valence-electron chi connectivity index (χ2n) is 4.68. The van der Waals surface area contributed by atoms with Crippen molar-refractivity contribution >= 4 is 0 Å². The minimum Gasteiger partial charge on any atom is -0.380 e. The zero-order valence-corrected chi connectivity index (χ0v) is 10.7. The molecule has 1 aliphatic heterocycles. The van der Waals surface area contributed by atoms with Crippen molar-refractivity contribution in [3.63, 3.8) is 0 Å². The zero-order valence-electron chi connectivity index (χ0n) is 10.7. The largest absolute Gasteiger partial charge is 0.380 e. The number of rotatable bonds is 7. The second-order valence-corrected chi connectivity index (χ2v) is 4.68. The summed E-state index contributed by atoms with van der Waals surface area (Å²) in [4.78, 5) is 2.48. The van der Waals surface area contributed by atoms with Gasteiger partial charge in [-0.1, -0.05) is 19.4 Å². The molecule has 1 atom stereocenters. The van der Waals surface area contributed by atoms with Crippen molar-refractivity contribution in [3.8, 4) is 0 Å². The maximum absolute atomic E-state index is 6.01. The fraction of sp³-hybridized carbons (Fsp3) is 0.846. The van der Waals surface area contributed by atoms with Gasteiger partial charge in [0.15, 0.2) is 0 Å². The van der Waals surface area contributed by atoms with Gasteiger partial charge in [0.2, 0.25) is 0 Å². The minimum atomic E-state index is 0.384. The van der Waals surface area contributed by atoms with Crippen molar-refractivity contribution < 1.29 is 4.74 Å². The Morgan fingerprint density at radius 3 is 2.88 bits per heavy atom. The SMILES string of the molecule is CCCC(N)CCN1CC=C(COC)CC1. The van der Waals surface area contributed by atoms with Crippen molar-refractivity contribution in [2.75, 3.05) is 33.4 Å². The molecule has 1 unspecified atom stereocenters. The Morgan fingerprint density at radius 1 is 1.50 bits per heavy atom. The van der Waals surface area contributed by atoms with Crippen LogP contribution in [0.3, 0.4) is 0 Å². The number of ether oxygens (including phenoxy) is 1. The quantitative estimate of drug-likeness (QED) is 0.673. The third-order valence-electron chi connectivity index (χ3n) is 3.19. The Labute approximate surface area is 99.6 Å². The predicted molar refractivity (Wildman–Crippen MR) is 68.5 cm³/mol. The second kappa shape index (κ2) is 7.82. The molecule has 3 heteroatoms. The van der Waals surface area contributed by atoms with Gasteiger partial charge in [0.25, 0.3) is 0 Å². The summed E-state index contributed by atoms with van der Waals surface area (Å²) in [6, 6.07) is 0.384. The molecule has 0 aromatic carbocycles. The third kappa shape index (κ3) is 5.10. The molecule has 94 valence electrons. The summed E-state index contributed by atoms with van der Waals surface area (Å²) in [5.74, 6) is 0. The topological polar surface area (TPSA) is 38.5 Å². The van der Waals surface area contributed by atoms with Gasteiger partial charge in [-0.05, 0) is 31.4 Å². The van der Waals surface area contributed by atoms with E-state index in [2.05, 4.69) is 17.9 Å². The van der Waals surface area contributed by atoms with E-state index in [1.807, 2.05) is 0 Å². The molecule has 0 spiro atoms. The molecule has 0 aromatic rings. The maximum atomic E-state index is 6.01. The van der Waals surface area contributed by atoms with Gasteiger partial charge in [0.05, 0.1) is 6.61 Å². The van der Waals surface area contributed by atoms with Crippen LogP contribution in [0.25, 0.3) is 0 Å². The molecule has 0 saturated carbocycles. The molecule has 0 fully saturated rings. The van der Waals surface area contributed by atoms with Crippen LogP contribution >= 0.6 is 0 Å². The van der Waals surface area contributed by atoms with Gasteiger partial charge in [0, 0.05) is 26.2 Å². The van der Waals surface area contributed by atoms with E-state index in [0.717, 1.165) is 45.5 Å². The van der Waals surface area contributed by atoms with E-state index in [0.29, 0.717) is 6.04 Å². The molecular weight excluding hydrogens is 200 g/mol. The van der Waals surface area contributed by atoms with Gasteiger partial charge in [-0.15, -0.1) is 0 Å². The zero-order chi connectivity index (χ0) is 11.8. The molecule has 0 aliphatic carbocycles. The highest BCUT2D eigenvalue weighted by Gasteiger charge is 2.12. The first-order valence-corrected chi connectivity index (χ1v) is 6.41. The van der Waals surface area contributed by atoms with E-state index in [-0.39, 0.29) is 0 Å². The molecule has 0 saturated heterocycles. The van der Waals surface area contributed by atoms with Gasteiger partial charge < -0.3 is 10.5 Å². The van der Waals surface area contributed by atoms with E-state index in [1.54, 1.807) is 7.11 Å². The minimum absolute atomic E-state index is 0.384. The van der Waals surface area contributed by atoms with Crippen molar-refractivity contribution in [3.05, 3.63) is 11.6 Å². The Hall–Kier alpha value is -0.380. The number of hydrogen-bond donors (Lipinski definition) is 1. The standard InChI is InChI=1S/C13H26N2O/c1-3-4-13(14)7-10-15-8-5-12(6-9-15)11-16-2/h5,13H,3-4,6-11,14H2,1-2H3. The molecule has 1 heterocycles. The van der Waals surface area contributed by atoms with Gasteiger partial charge in [-0.3, -0.25) is 4.90 Å². The summed E-state index contributed by atoms with van der Waals surface area (Å²) in [7, 11) is 1.76. The molecule has 3 nitrogen and oxygen atoms in total. The van der Waals surface area contributed by atoms with Crippen molar-refractivity contribution in [1.29, 1.82) is 0 Å². The monoisotopic (exact) mass is 226 g/mol. The number of hydrogen-bond acceptors (Lipinski definition) is 3. The van der Waals surface area contributed by atoms with Crippen LogP contribution in [0, 0.1) is 0 Å². The number of nitrogens with zero attached hydrogens (tertiary/aromatic N) is 1. The van der Waals surface area contributed by atoms with Crippen molar-refractivity contribution in [2.45, 2.75) is 38.6 Å². The highest BCUT2D eigenvalue weighted by atomic mass is 16.5. The molecule has 16 heavy (non-hydrogen) atoms. The molecule has 0 aromatic heterocycles. The summed E-state index contributed by atoms with van der Waals surface area (Å²) in [6.07, 6.45) is 6.92. The molecule has 0 bridgehead atoms. The molecule has 1 aliphatic rings. The highest BCUT2D eigenvalue weighted by Crippen LogP contribution is 2.11. The van der Waals surface area contributed by atoms with Crippen molar-refractivity contribution in [1.82, 2.24) is 4.90 Å². The van der Waals surface area contributed by atoms with Crippen LogP contribution in [-0.4, -0.2) is 44.3 Å². The van der Waals surface area contributed by atoms with Gasteiger partial charge in [-0.25, -0.2) is 0 Å². The van der Waals surface area contributed by atoms with Crippen LogP contribution < -0.4 is 5.73 Å². The Bertz CT molecular complexity index is 216. The van der Waals surface area contributed by atoms with Gasteiger partial charge in [0.1, 0.15) is 0 Å². The highest BCUT2D eigenvalue weighted by molar-refractivity contribution is 5.07. The summed E-state index contributed by atoms with van der Waals surface area (Å²) in [5, 5.41) is 0. The number of nitrogens with two attached hydrogens (primary N) is 1. The van der Waals surface area contributed by atoms with Crippen LogP contribution in [0.5, 0.6) is 0 Å². The Morgan fingerprint density at radius 2 is 2.31 bits per heavy atom. The van der Waals surface area contributed by atoms with Crippen LogP contribution in [0.4, 0.5) is 0 Å². The van der Waals surface area contributed by atoms with E-state index in [4.69, 9.17) is 10.5 Å². The van der Waals surface area contributed by atoms with Crippen LogP contribution in [0.15, 0.2) is 11.6 Å². The Kier molecular flexibility index (Phi) is 6.69. The fourth-order valence-corrected chi connectivity index (χ4v) is 2.14. The lowest BCUT2D eigenvalue weighted by Gasteiger charge is -2.27. The predicted octanol–water partition coefficient (Wildman–Crippen LogP) is 1.78. The van der Waals surface area contributed by atoms with E-state index in [9.17, 15) is 0 Å². The summed E-state index contributed by atoms with van der Waals surface area (Å²) < 4.78 is 5.14. The smallest absolute Gasteiger partial charge is 0.0673 e. The first-order valence-electron chi connectivity index (χ1n) is 6.41. The van der Waals surface area contributed by atoms with E-state index in [1.165, 1.54) is 12.0 Å². The lowest BCUT2D eigenvalue weighted by atomic mass is 10.1. The van der Waals surface area contributed by atoms with E-state index < -0.39 is 0 Å². The molecule has 0 amide bonds. The first kappa shape index (κ1) is 13.7. The Balaban J connectivity index is 2.16. The van der Waals surface area contributed by atoms with Crippen LogP contribution in [0.2, 0.25) is 0 Å². The average Bonchev–Trinajstić information content (AvgIpc) is 2.29. The van der Waals surface area contributed by atoms with Crippen LogP contribution in [-0.2, 0) is 4.74 Å². The first-order chi connectivity index (χ1) is 7.76. The molecule has 1 rings (SSSR count). The summed E-state index contributed by atoms with van der Waals surface area (Å²) >= 11 is 0. The summed E-state index contributed by atoms with van der Waals surface area (Å²) in [6.45, 7) is 6.35. The average molecular weight is 226 g/mol. The third-order valence-corrected chi connectivity index (χ3v) is 3.19. The van der Waals surface area contributed by atoms with E-state index >= 15 is 0 Å². The van der Waals surface area contributed by atoms with Crippen LogP contribution in [0.1, 0.15) is 32.6 Å².